The van der Waals surface area contributed by atoms with Crippen molar-refractivity contribution in [2.45, 2.75) is 4.34 Å². The van der Waals surface area contributed by atoms with E-state index in [2.05, 4.69) is 32.1 Å². The topological polar surface area (TPSA) is 130 Å². The molecule has 1 heterocycles. The lowest BCUT2D eigenvalue weighted by Crippen LogP contribution is -2.25. The number of hydrogen-bond donors (Lipinski definition) is 3. The summed E-state index contributed by atoms with van der Waals surface area (Å²) in [5, 5.41) is 12.5. The standard InChI is InChI=1S/C19H17N5O4S2/c1-2-12-20-17(26)14-10-6-7-11-15(14)24-30(27,28)19-23-22-18(29-19)21-16(25)13-8-4-3-5-9-13/h2-11,24H,1,12H2,(H,20,26)(H,21,22,25). The van der Waals surface area contributed by atoms with Gasteiger partial charge in [0.25, 0.3) is 26.2 Å². The number of amides is 2. The highest BCUT2D eigenvalue weighted by molar-refractivity contribution is 7.94. The van der Waals surface area contributed by atoms with Crippen molar-refractivity contribution in [1.29, 1.82) is 0 Å². The smallest absolute Gasteiger partial charge is 0.291 e. The van der Waals surface area contributed by atoms with E-state index in [0.29, 0.717) is 16.9 Å². The molecule has 0 radical (unpaired) electrons. The maximum atomic E-state index is 12.7. The lowest BCUT2D eigenvalue weighted by Gasteiger charge is -2.10. The molecule has 3 N–H and O–H groups in total. The number of aromatic nitrogens is 2. The monoisotopic (exact) mass is 443 g/mol. The summed E-state index contributed by atoms with van der Waals surface area (Å²) >= 11 is 0.692. The van der Waals surface area contributed by atoms with Crippen LogP contribution < -0.4 is 15.4 Å². The molecule has 2 amide bonds. The summed E-state index contributed by atoms with van der Waals surface area (Å²) in [6.45, 7) is 3.76. The van der Waals surface area contributed by atoms with Crippen LogP contribution in [0.5, 0.6) is 0 Å². The van der Waals surface area contributed by atoms with Crippen molar-refractivity contribution in [2.75, 3.05) is 16.6 Å². The van der Waals surface area contributed by atoms with Gasteiger partial charge in [0.15, 0.2) is 0 Å². The minimum absolute atomic E-state index is 0.0289. The highest BCUT2D eigenvalue weighted by atomic mass is 32.2. The summed E-state index contributed by atoms with van der Waals surface area (Å²) in [6, 6.07) is 14.6. The van der Waals surface area contributed by atoms with Gasteiger partial charge < -0.3 is 5.32 Å². The third-order valence-corrected chi connectivity index (χ3v) is 6.29. The first-order valence-corrected chi connectivity index (χ1v) is 10.9. The minimum Gasteiger partial charge on any atom is -0.349 e. The van der Waals surface area contributed by atoms with Crippen molar-refractivity contribution in [3.63, 3.8) is 0 Å². The van der Waals surface area contributed by atoms with Gasteiger partial charge in [-0.3, -0.25) is 19.6 Å². The molecule has 3 aromatic rings. The molecule has 0 unspecified atom stereocenters. The summed E-state index contributed by atoms with van der Waals surface area (Å²) < 4.78 is 27.4. The molecule has 154 valence electrons. The zero-order valence-electron chi connectivity index (χ0n) is 15.5. The van der Waals surface area contributed by atoms with Crippen LogP contribution in [0.2, 0.25) is 0 Å². The molecule has 0 aliphatic heterocycles. The van der Waals surface area contributed by atoms with E-state index in [-0.39, 0.29) is 27.3 Å². The van der Waals surface area contributed by atoms with Gasteiger partial charge in [-0.15, -0.1) is 16.8 Å². The van der Waals surface area contributed by atoms with Gasteiger partial charge in [-0.05, 0) is 24.3 Å². The van der Waals surface area contributed by atoms with E-state index in [1.807, 2.05) is 0 Å². The molecule has 30 heavy (non-hydrogen) atoms. The molecule has 0 fully saturated rings. The molecule has 0 atom stereocenters. The highest BCUT2D eigenvalue weighted by Gasteiger charge is 2.23. The van der Waals surface area contributed by atoms with Crippen LogP contribution in [0.3, 0.4) is 0 Å². The van der Waals surface area contributed by atoms with Crippen LogP contribution in [0.4, 0.5) is 10.8 Å². The van der Waals surface area contributed by atoms with Gasteiger partial charge in [-0.25, -0.2) is 0 Å². The number of nitrogens with one attached hydrogen (secondary N) is 3. The van der Waals surface area contributed by atoms with E-state index in [1.54, 1.807) is 42.5 Å². The van der Waals surface area contributed by atoms with Crippen molar-refractivity contribution in [1.82, 2.24) is 15.5 Å². The van der Waals surface area contributed by atoms with Crippen LogP contribution in [0, 0.1) is 0 Å². The molecular weight excluding hydrogens is 426 g/mol. The molecule has 0 aliphatic carbocycles. The average molecular weight is 444 g/mol. The van der Waals surface area contributed by atoms with E-state index in [1.165, 1.54) is 18.2 Å². The van der Waals surface area contributed by atoms with Crippen molar-refractivity contribution < 1.29 is 18.0 Å². The first-order chi connectivity index (χ1) is 14.4. The predicted molar refractivity (Wildman–Crippen MR) is 114 cm³/mol. The van der Waals surface area contributed by atoms with Gasteiger partial charge in [0, 0.05) is 12.1 Å². The lowest BCUT2D eigenvalue weighted by molar-refractivity contribution is 0.0958. The van der Waals surface area contributed by atoms with Crippen LogP contribution in [0.25, 0.3) is 0 Å². The first-order valence-electron chi connectivity index (χ1n) is 8.61. The van der Waals surface area contributed by atoms with Crippen molar-refractivity contribution in [2.24, 2.45) is 0 Å². The van der Waals surface area contributed by atoms with Gasteiger partial charge >= 0.3 is 0 Å². The molecule has 1 aromatic heterocycles. The molecular formula is C19H17N5O4S2. The van der Waals surface area contributed by atoms with E-state index < -0.39 is 21.8 Å². The Kier molecular flexibility index (Phi) is 6.54. The Bertz CT molecular complexity index is 1180. The molecule has 0 bridgehead atoms. The fourth-order valence-corrected chi connectivity index (χ4v) is 4.32. The molecule has 9 nitrogen and oxygen atoms in total. The third-order valence-electron chi connectivity index (χ3n) is 3.72. The normalized spacial score (nSPS) is 10.8. The second-order valence-electron chi connectivity index (χ2n) is 5.84. The van der Waals surface area contributed by atoms with Gasteiger partial charge in [0.2, 0.25) is 5.13 Å². The summed E-state index contributed by atoms with van der Waals surface area (Å²) in [6.07, 6.45) is 1.51. The van der Waals surface area contributed by atoms with Crippen LogP contribution in [-0.4, -0.2) is 37.0 Å². The lowest BCUT2D eigenvalue weighted by atomic mass is 10.1. The Morgan fingerprint density at radius 1 is 1.00 bits per heavy atom. The third kappa shape index (κ3) is 5.07. The number of sulfonamides is 1. The summed E-state index contributed by atoms with van der Waals surface area (Å²) in [5.41, 5.74) is 0.629. The molecule has 0 saturated heterocycles. The number of anilines is 2. The van der Waals surface area contributed by atoms with E-state index >= 15 is 0 Å². The number of benzene rings is 2. The summed E-state index contributed by atoms with van der Waals surface area (Å²) in [4.78, 5) is 24.4. The van der Waals surface area contributed by atoms with Crippen LogP contribution in [0.15, 0.2) is 71.6 Å². The number of rotatable bonds is 8. The number of carbonyl (C=O) groups excluding carboxylic acids is 2. The van der Waals surface area contributed by atoms with E-state index in [4.69, 9.17) is 0 Å². The quantitative estimate of drug-likeness (QED) is 0.362. The molecule has 0 saturated carbocycles. The van der Waals surface area contributed by atoms with Crippen LogP contribution in [-0.2, 0) is 10.0 Å². The summed E-state index contributed by atoms with van der Waals surface area (Å²) in [7, 11) is -4.13. The fraction of sp³-hybridized carbons (Fsp3) is 0.0526. The van der Waals surface area contributed by atoms with E-state index in [0.717, 1.165) is 0 Å². The average Bonchev–Trinajstić information content (AvgIpc) is 3.22. The Labute approximate surface area is 176 Å². The SMILES string of the molecule is C=CCNC(=O)c1ccccc1NS(=O)(=O)c1nnc(NC(=O)c2ccccc2)s1. The maximum absolute atomic E-state index is 12.7. The minimum atomic E-state index is -4.13. The van der Waals surface area contributed by atoms with E-state index in [9.17, 15) is 18.0 Å². The van der Waals surface area contributed by atoms with Gasteiger partial charge in [0.05, 0.1) is 11.3 Å². The molecule has 2 aromatic carbocycles. The van der Waals surface area contributed by atoms with Gasteiger partial charge in [-0.1, -0.05) is 47.7 Å². The Morgan fingerprint density at radius 2 is 1.70 bits per heavy atom. The van der Waals surface area contributed by atoms with Crippen molar-refractivity contribution >= 4 is 44.0 Å². The summed E-state index contributed by atoms with van der Waals surface area (Å²) in [5.74, 6) is -0.894. The van der Waals surface area contributed by atoms with Crippen LogP contribution in [0.1, 0.15) is 20.7 Å². The Hall–Kier alpha value is -3.57. The highest BCUT2D eigenvalue weighted by Crippen LogP contribution is 2.24. The van der Waals surface area contributed by atoms with Crippen LogP contribution >= 0.6 is 11.3 Å². The number of hydrogen-bond acceptors (Lipinski definition) is 7. The van der Waals surface area contributed by atoms with Gasteiger partial charge in [0.1, 0.15) is 0 Å². The number of para-hydroxylation sites is 1. The van der Waals surface area contributed by atoms with Crippen molar-refractivity contribution in [3.8, 4) is 0 Å². The number of carbonyl (C=O) groups is 2. The van der Waals surface area contributed by atoms with Gasteiger partial charge in [-0.2, -0.15) is 8.42 Å². The Balaban J connectivity index is 1.77. The fourth-order valence-electron chi connectivity index (χ4n) is 2.35. The second-order valence-corrected chi connectivity index (χ2v) is 8.68. The molecule has 0 spiro atoms. The molecule has 0 aliphatic rings. The first kappa shape index (κ1) is 21.1. The number of nitrogens with zero attached hydrogens (tertiary/aromatic N) is 2. The zero-order chi connectivity index (χ0) is 21.6. The largest absolute Gasteiger partial charge is 0.349 e. The zero-order valence-corrected chi connectivity index (χ0v) is 17.2. The van der Waals surface area contributed by atoms with Crippen molar-refractivity contribution in [3.05, 3.63) is 78.4 Å². The second kappa shape index (κ2) is 9.29. The molecule has 3 rings (SSSR count). The molecule has 11 heteroatoms. The predicted octanol–water partition coefficient (Wildman–Crippen LogP) is 2.51. The maximum Gasteiger partial charge on any atom is 0.291 e. The Morgan fingerprint density at radius 3 is 2.43 bits per heavy atom.